The average Bonchev–Trinajstić information content (AvgIpc) is 2.44. The van der Waals surface area contributed by atoms with Crippen LogP contribution in [0.1, 0.15) is 97.8 Å². The first-order valence-electron chi connectivity index (χ1n) is 10.7. The topological polar surface area (TPSA) is 29.5 Å². The highest BCUT2D eigenvalue weighted by molar-refractivity contribution is 6.74. The van der Waals surface area contributed by atoms with Gasteiger partial charge in [0.2, 0.25) is 0 Å². The van der Waals surface area contributed by atoms with Crippen molar-refractivity contribution in [1.82, 2.24) is 0 Å². The largest absolute Gasteiger partial charge is 0.414 e. The van der Waals surface area contributed by atoms with Crippen molar-refractivity contribution in [1.29, 1.82) is 0 Å². The molecular formula is C22H42O2Si. The zero-order valence-electron chi connectivity index (χ0n) is 17.5. The zero-order chi connectivity index (χ0) is 18.5. The molecule has 0 amide bonds. The van der Waals surface area contributed by atoms with E-state index in [9.17, 15) is 5.11 Å². The Bertz CT molecular complexity index is 423. The Morgan fingerprint density at radius 3 is 1.60 bits per heavy atom. The van der Waals surface area contributed by atoms with Crippen LogP contribution in [-0.2, 0) is 4.43 Å². The molecule has 0 radical (unpaired) electrons. The quantitative estimate of drug-likeness (QED) is 0.433. The standard InChI is InChI=1S/C22H42O2Si/c1-22(2,3)25(4,5)24-21-16-8-12-19(13-9-17-21)18-10-6-14-20(23)15-7-11-18/h20-21,23H,6-17H2,1-5H3. The van der Waals surface area contributed by atoms with Crippen molar-refractivity contribution in [3.63, 3.8) is 0 Å². The molecule has 0 heterocycles. The lowest BCUT2D eigenvalue weighted by Gasteiger charge is -2.40. The molecule has 1 N–H and O–H groups in total. The lowest BCUT2D eigenvalue weighted by Crippen LogP contribution is -2.44. The molecule has 0 saturated heterocycles. The molecule has 2 rings (SSSR count). The summed E-state index contributed by atoms with van der Waals surface area (Å²) in [6, 6.07) is 0. The highest BCUT2D eigenvalue weighted by Crippen LogP contribution is 2.39. The Kier molecular flexibility index (Phi) is 7.78. The highest BCUT2D eigenvalue weighted by Gasteiger charge is 2.39. The van der Waals surface area contributed by atoms with Crippen molar-refractivity contribution < 1.29 is 9.53 Å². The molecule has 0 bridgehead atoms. The second-order valence-electron chi connectivity index (χ2n) is 9.93. The van der Waals surface area contributed by atoms with Crippen LogP contribution >= 0.6 is 0 Å². The van der Waals surface area contributed by atoms with Crippen molar-refractivity contribution >= 4 is 8.32 Å². The number of hydrogen-bond acceptors (Lipinski definition) is 2. The predicted octanol–water partition coefficient (Wildman–Crippen LogP) is 6.74. The monoisotopic (exact) mass is 366 g/mol. The fourth-order valence-corrected chi connectivity index (χ4v) is 5.57. The van der Waals surface area contributed by atoms with Gasteiger partial charge in [0.25, 0.3) is 0 Å². The highest BCUT2D eigenvalue weighted by atomic mass is 28.4. The molecule has 2 aliphatic rings. The molecule has 0 spiro atoms. The summed E-state index contributed by atoms with van der Waals surface area (Å²) < 4.78 is 6.70. The molecule has 2 aliphatic carbocycles. The maximum absolute atomic E-state index is 9.85. The van der Waals surface area contributed by atoms with Crippen LogP contribution < -0.4 is 0 Å². The van der Waals surface area contributed by atoms with Gasteiger partial charge in [-0.3, -0.25) is 0 Å². The summed E-state index contributed by atoms with van der Waals surface area (Å²) in [5, 5.41) is 10.2. The lowest BCUT2D eigenvalue weighted by molar-refractivity contribution is 0.145. The summed E-state index contributed by atoms with van der Waals surface area (Å²) in [7, 11) is -1.63. The minimum Gasteiger partial charge on any atom is -0.414 e. The zero-order valence-corrected chi connectivity index (χ0v) is 18.5. The van der Waals surface area contributed by atoms with E-state index < -0.39 is 8.32 Å². The molecule has 0 aliphatic heterocycles. The van der Waals surface area contributed by atoms with Crippen molar-refractivity contribution in [2.24, 2.45) is 0 Å². The number of hydrogen-bond donors (Lipinski definition) is 1. The van der Waals surface area contributed by atoms with Gasteiger partial charge in [0, 0.05) is 6.10 Å². The number of aliphatic hydroxyl groups excluding tert-OH is 1. The molecule has 25 heavy (non-hydrogen) atoms. The maximum Gasteiger partial charge on any atom is 0.192 e. The minimum absolute atomic E-state index is 0.0443. The molecule has 0 unspecified atom stereocenters. The summed E-state index contributed by atoms with van der Waals surface area (Å²) >= 11 is 0. The van der Waals surface area contributed by atoms with Gasteiger partial charge in [0.05, 0.1) is 6.10 Å². The van der Waals surface area contributed by atoms with Crippen LogP contribution in [0.15, 0.2) is 11.1 Å². The smallest absolute Gasteiger partial charge is 0.192 e. The fourth-order valence-electron chi connectivity index (χ4n) is 4.15. The molecule has 0 aromatic heterocycles. The molecule has 0 atom stereocenters. The average molecular weight is 367 g/mol. The van der Waals surface area contributed by atoms with E-state index in [1.54, 1.807) is 11.1 Å². The van der Waals surface area contributed by atoms with Gasteiger partial charge >= 0.3 is 0 Å². The van der Waals surface area contributed by atoms with E-state index in [-0.39, 0.29) is 6.10 Å². The molecule has 0 aromatic rings. The third kappa shape index (κ3) is 6.52. The van der Waals surface area contributed by atoms with E-state index in [2.05, 4.69) is 33.9 Å². The first-order valence-corrected chi connectivity index (χ1v) is 13.7. The van der Waals surface area contributed by atoms with Gasteiger partial charge in [0.1, 0.15) is 0 Å². The number of aliphatic hydroxyl groups is 1. The second kappa shape index (κ2) is 9.19. The summed E-state index contributed by atoms with van der Waals surface area (Å²) in [6.07, 6.45) is 14.9. The molecular weight excluding hydrogens is 324 g/mol. The Morgan fingerprint density at radius 2 is 1.20 bits per heavy atom. The van der Waals surface area contributed by atoms with Gasteiger partial charge in [-0.05, 0) is 95.2 Å². The third-order valence-corrected chi connectivity index (χ3v) is 11.3. The molecule has 2 nitrogen and oxygen atoms in total. The van der Waals surface area contributed by atoms with Crippen LogP contribution in [0.5, 0.6) is 0 Å². The van der Waals surface area contributed by atoms with Crippen LogP contribution in [0.25, 0.3) is 0 Å². The summed E-state index contributed by atoms with van der Waals surface area (Å²) in [5.74, 6) is 0. The van der Waals surface area contributed by atoms with E-state index in [1.807, 2.05) is 0 Å². The normalized spacial score (nSPS) is 28.1. The summed E-state index contributed by atoms with van der Waals surface area (Å²) in [5.41, 5.74) is 3.51. The Labute approximate surface area is 157 Å². The van der Waals surface area contributed by atoms with Crippen molar-refractivity contribution in [2.75, 3.05) is 0 Å². The Hall–Kier alpha value is -0.123. The number of rotatable bonds is 2. The molecule has 3 heteroatoms. The molecule has 146 valence electrons. The summed E-state index contributed by atoms with van der Waals surface area (Å²) in [4.78, 5) is 0. The van der Waals surface area contributed by atoms with Crippen LogP contribution in [0.4, 0.5) is 0 Å². The molecule has 2 saturated carbocycles. The van der Waals surface area contributed by atoms with Crippen molar-refractivity contribution in [3.05, 3.63) is 11.1 Å². The molecule has 2 fully saturated rings. The van der Waals surface area contributed by atoms with Crippen LogP contribution in [0.2, 0.25) is 18.1 Å². The van der Waals surface area contributed by atoms with E-state index in [1.165, 1.54) is 64.2 Å². The Balaban J connectivity index is 1.90. The van der Waals surface area contributed by atoms with Crippen LogP contribution in [0, 0.1) is 0 Å². The number of allylic oxidation sites excluding steroid dienone is 2. The van der Waals surface area contributed by atoms with Gasteiger partial charge < -0.3 is 9.53 Å². The van der Waals surface area contributed by atoms with E-state index >= 15 is 0 Å². The molecule has 0 aromatic carbocycles. The first kappa shape index (κ1) is 21.2. The van der Waals surface area contributed by atoms with Crippen molar-refractivity contribution in [3.8, 4) is 0 Å². The lowest BCUT2D eigenvalue weighted by atomic mass is 9.86. The van der Waals surface area contributed by atoms with Gasteiger partial charge in [0.15, 0.2) is 8.32 Å². The van der Waals surface area contributed by atoms with Gasteiger partial charge in [-0.15, -0.1) is 0 Å². The van der Waals surface area contributed by atoms with Crippen molar-refractivity contribution in [2.45, 2.75) is 128 Å². The predicted molar refractivity (Wildman–Crippen MR) is 111 cm³/mol. The summed E-state index contributed by atoms with van der Waals surface area (Å²) in [6.45, 7) is 11.8. The third-order valence-electron chi connectivity index (χ3n) is 6.81. The SMILES string of the molecule is CC(C)(C)[Si](C)(C)OC1CCCC(=C2CCCC(O)CCC2)CCC1. The van der Waals surface area contributed by atoms with Gasteiger partial charge in [-0.2, -0.15) is 0 Å². The maximum atomic E-state index is 9.85. The van der Waals surface area contributed by atoms with Crippen LogP contribution in [0.3, 0.4) is 0 Å². The van der Waals surface area contributed by atoms with Crippen LogP contribution in [-0.4, -0.2) is 25.6 Å². The van der Waals surface area contributed by atoms with Gasteiger partial charge in [-0.1, -0.05) is 31.9 Å². The second-order valence-corrected chi connectivity index (χ2v) is 14.7. The van der Waals surface area contributed by atoms with Gasteiger partial charge in [-0.25, -0.2) is 0 Å². The first-order chi connectivity index (χ1) is 11.7. The van der Waals surface area contributed by atoms with E-state index in [0.717, 1.165) is 12.8 Å². The minimum atomic E-state index is -1.63. The fraction of sp³-hybridized carbons (Fsp3) is 0.909. The van der Waals surface area contributed by atoms with E-state index in [4.69, 9.17) is 4.43 Å². The van der Waals surface area contributed by atoms with E-state index in [0.29, 0.717) is 11.1 Å². The Morgan fingerprint density at radius 1 is 0.800 bits per heavy atom.